The Bertz CT molecular complexity index is 132. The van der Waals surface area contributed by atoms with Gasteiger partial charge in [-0.3, -0.25) is 0 Å². The average molecular weight is 147 g/mol. The lowest BCUT2D eigenvalue weighted by atomic mass is 10.4. The third kappa shape index (κ3) is 1.20. The summed E-state index contributed by atoms with van der Waals surface area (Å²) in [7, 11) is 2.72. The van der Waals surface area contributed by atoms with E-state index in [-0.39, 0.29) is 0 Å². The Morgan fingerprint density at radius 1 is 1.75 bits per heavy atom. The summed E-state index contributed by atoms with van der Waals surface area (Å²) in [4.78, 5) is 10.0. The van der Waals surface area contributed by atoms with Crippen molar-refractivity contribution >= 4 is 27.6 Å². The van der Waals surface area contributed by atoms with Gasteiger partial charge in [-0.1, -0.05) is 27.7 Å². The van der Waals surface area contributed by atoms with Crippen LogP contribution >= 0.6 is 21.6 Å². The van der Waals surface area contributed by atoms with E-state index in [4.69, 9.17) is 0 Å². The second-order valence-corrected chi connectivity index (χ2v) is 3.58. The normalized spacial score (nSPS) is 26.2. The molecule has 0 radical (unpaired) electrons. The van der Waals surface area contributed by atoms with Crippen molar-refractivity contribution in [2.45, 2.75) is 5.25 Å². The van der Waals surface area contributed by atoms with Crippen LogP contribution in [0.3, 0.4) is 0 Å². The number of carboxylic acids is 1. The van der Waals surface area contributed by atoms with Gasteiger partial charge in [-0.15, -0.1) is 0 Å². The van der Waals surface area contributed by atoms with Crippen LogP contribution in [-0.4, -0.2) is 11.2 Å². The van der Waals surface area contributed by atoms with Crippen molar-refractivity contribution in [3.63, 3.8) is 0 Å². The van der Waals surface area contributed by atoms with Gasteiger partial charge in [0, 0.05) is 0 Å². The summed E-state index contributed by atoms with van der Waals surface area (Å²) >= 11 is 0. The number of hydrogen-bond acceptors (Lipinski definition) is 4. The van der Waals surface area contributed by atoms with Crippen molar-refractivity contribution in [1.29, 1.82) is 0 Å². The number of carboxylic acid groups (broad SMARTS) is 1. The van der Waals surface area contributed by atoms with Gasteiger partial charge in [-0.25, -0.2) is 0 Å². The number of rotatable bonds is 1. The molecule has 0 saturated carbocycles. The van der Waals surface area contributed by atoms with Crippen molar-refractivity contribution in [2.24, 2.45) is 0 Å². The van der Waals surface area contributed by atoms with E-state index in [9.17, 15) is 9.90 Å². The zero-order valence-corrected chi connectivity index (χ0v) is 5.50. The van der Waals surface area contributed by atoms with Crippen LogP contribution in [0.15, 0.2) is 11.5 Å². The summed E-state index contributed by atoms with van der Waals surface area (Å²) in [5.74, 6) is -1.00. The molecule has 0 saturated heterocycles. The SMILES string of the molecule is O=C([O-])C1C=CSS1. The molecule has 1 rings (SSSR count). The Balaban J connectivity index is 2.48. The summed E-state index contributed by atoms with van der Waals surface area (Å²) in [5.41, 5.74) is 0. The lowest BCUT2D eigenvalue weighted by Gasteiger charge is -2.04. The largest absolute Gasteiger partial charge is 0.549 e. The molecule has 0 amide bonds. The van der Waals surface area contributed by atoms with E-state index >= 15 is 0 Å². The van der Waals surface area contributed by atoms with E-state index in [0.29, 0.717) is 0 Å². The topological polar surface area (TPSA) is 40.1 Å². The molecule has 1 aliphatic rings. The molecule has 1 atom stereocenters. The fourth-order valence-corrected chi connectivity index (χ4v) is 2.24. The Morgan fingerprint density at radius 3 is 2.75 bits per heavy atom. The van der Waals surface area contributed by atoms with Gasteiger partial charge in [0.05, 0.1) is 11.2 Å². The van der Waals surface area contributed by atoms with Gasteiger partial charge in [0.25, 0.3) is 0 Å². The van der Waals surface area contributed by atoms with Gasteiger partial charge < -0.3 is 9.90 Å². The number of aliphatic carboxylic acids is 1. The van der Waals surface area contributed by atoms with Crippen molar-refractivity contribution in [3.8, 4) is 0 Å². The minimum atomic E-state index is -1.00. The molecule has 2 nitrogen and oxygen atoms in total. The molecule has 0 aliphatic carbocycles. The second kappa shape index (κ2) is 2.46. The highest BCUT2D eigenvalue weighted by Gasteiger charge is 2.09. The zero-order chi connectivity index (χ0) is 5.98. The predicted molar refractivity (Wildman–Crippen MR) is 33.1 cm³/mol. The molecule has 4 heteroatoms. The maximum absolute atomic E-state index is 10.0. The number of carbonyl (C=O) groups is 1. The van der Waals surface area contributed by atoms with Gasteiger partial charge in [-0.05, 0) is 5.41 Å². The van der Waals surface area contributed by atoms with Crippen LogP contribution in [0.2, 0.25) is 0 Å². The predicted octanol–water partition coefficient (Wildman–Crippen LogP) is 0.0136. The quantitative estimate of drug-likeness (QED) is 0.490. The second-order valence-electron chi connectivity index (χ2n) is 1.26. The van der Waals surface area contributed by atoms with Crippen LogP contribution in [-0.2, 0) is 4.79 Å². The number of carbonyl (C=O) groups excluding carboxylic acids is 1. The minimum Gasteiger partial charge on any atom is -0.549 e. The molecule has 44 valence electrons. The van der Waals surface area contributed by atoms with Crippen LogP contribution in [0, 0.1) is 0 Å². The molecule has 1 unspecified atom stereocenters. The van der Waals surface area contributed by atoms with Crippen LogP contribution in [0.4, 0.5) is 0 Å². The van der Waals surface area contributed by atoms with Crippen LogP contribution in [0.5, 0.6) is 0 Å². The fourth-order valence-electron chi connectivity index (χ4n) is 0.345. The Hall–Kier alpha value is -0.0900. The molecular weight excluding hydrogens is 144 g/mol. The summed E-state index contributed by atoms with van der Waals surface area (Å²) < 4.78 is 0. The third-order valence-corrected chi connectivity index (χ3v) is 2.93. The molecule has 8 heavy (non-hydrogen) atoms. The van der Waals surface area contributed by atoms with Gasteiger partial charge >= 0.3 is 0 Å². The van der Waals surface area contributed by atoms with Gasteiger partial charge in [0.2, 0.25) is 0 Å². The molecule has 1 aliphatic heterocycles. The molecule has 0 N–H and O–H groups in total. The highest BCUT2D eigenvalue weighted by atomic mass is 33.1. The van der Waals surface area contributed by atoms with E-state index in [0.717, 1.165) is 0 Å². The first-order valence-electron chi connectivity index (χ1n) is 2.00. The molecular formula is C4H3O2S2-. The first-order valence-corrected chi connectivity index (χ1v) is 4.28. The highest BCUT2D eigenvalue weighted by molar-refractivity contribution is 8.78. The zero-order valence-electron chi connectivity index (χ0n) is 3.87. The lowest BCUT2D eigenvalue weighted by molar-refractivity contribution is -0.303. The monoisotopic (exact) mass is 147 g/mol. The molecule has 0 spiro atoms. The van der Waals surface area contributed by atoms with Crippen LogP contribution in [0.25, 0.3) is 0 Å². The summed E-state index contributed by atoms with van der Waals surface area (Å²) in [5, 5.41) is 11.3. The Morgan fingerprint density at radius 2 is 2.50 bits per heavy atom. The summed E-state index contributed by atoms with van der Waals surface area (Å²) in [6.45, 7) is 0. The Labute approximate surface area is 54.7 Å². The average Bonchev–Trinajstić information content (AvgIpc) is 2.12. The molecule has 0 aromatic rings. The molecule has 1 heterocycles. The lowest BCUT2D eigenvalue weighted by Crippen LogP contribution is -2.30. The van der Waals surface area contributed by atoms with Crippen LogP contribution < -0.4 is 5.11 Å². The highest BCUT2D eigenvalue weighted by Crippen LogP contribution is 2.34. The van der Waals surface area contributed by atoms with Crippen molar-refractivity contribution in [2.75, 3.05) is 0 Å². The van der Waals surface area contributed by atoms with E-state index in [1.54, 1.807) is 11.5 Å². The van der Waals surface area contributed by atoms with Gasteiger partial charge in [-0.2, -0.15) is 0 Å². The van der Waals surface area contributed by atoms with Gasteiger partial charge in [0.15, 0.2) is 0 Å². The summed E-state index contributed by atoms with van der Waals surface area (Å²) in [6.07, 6.45) is 1.62. The van der Waals surface area contributed by atoms with E-state index in [1.165, 1.54) is 21.6 Å². The van der Waals surface area contributed by atoms with Crippen LogP contribution in [0.1, 0.15) is 0 Å². The first-order chi connectivity index (χ1) is 3.80. The maximum atomic E-state index is 10.0. The maximum Gasteiger partial charge on any atom is 0.0738 e. The molecule has 0 aromatic carbocycles. The Kier molecular flexibility index (Phi) is 1.85. The fraction of sp³-hybridized carbons (Fsp3) is 0.250. The van der Waals surface area contributed by atoms with Crippen molar-refractivity contribution < 1.29 is 9.90 Å². The van der Waals surface area contributed by atoms with Crippen molar-refractivity contribution in [1.82, 2.24) is 0 Å². The van der Waals surface area contributed by atoms with Gasteiger partial charge in [0.1, 0.15) is 0 Å². The standard InChI is InChI=1S/C4H4O2S2/c5-4(6)3-1-2-7-8-3/h1-3H,(H,5,6)/p-1. The summed E-state index contributed by atoms with van der Waals surface area (Å²) in [6, 6.07) is 0. The molecule has 0 fully saturated rings. The smallest absolute Gasteiger partial charge is 0.0738 e. The molecule has 0 aromatic heterocycles. The third-order valence-electron chi connectivity index (χ3n) is 0.700. The van der Waals surface area contributed by atoms with E-state index < -0.39 is 11.2 Å². The van der Waals surface area contributed by atoms with Crippen molar-refractivity contribution in [3.05, 3.63) is 11.5 Å². The minimum absolute atomic E-state index is 0.431. The van der Waals surface area contributed by atoms with E-state index in [1.807, 2.05) is 0 Å². The molecule has 0 bridgehead atoms. The number of hydrogen-bond donors (Lipinski definition) is 0. The van der Waals surface area contributed by atoms with E-state index in [2.05, 4.69) is 0 Å². The first kappa shape index (κ1) is 6.04.